The van der Waals surface area contributed by atoms with Crippen molar-refractivity contribution < 1.29 is 64.8 Å². The maximum absolute atomic E-state index is 15.1. The van der Waals surface area contributed by atoms with Crippen LogP contribution in [0.2, 0.25) is 0 Å². The third-order valence-electron chi connectivity index (χ3n) is 12.8. The van der Waals surface area contributed by atoms with E-state index in [1.54, 1.807) is 30.4 Å². The highest BCUT2D eigenvalue weighted by Gasteiger charge is 2.64. The number of amides is 4. The third kappa shape index (κ3) is 9.12. The third-order valence-corrected chi connectivity index (χ3v) is 15.0. The topological polar surface area (TPSA) is 203 Å². The monoisotopic (exact) mass is 895 g/mol. The van der Waals surface area contributed by atoms with Crippen molar-refractivity contribution in [1.82, 2.24) is 24.8 Å². The largest absolute Gasteiger partial charge is 0.497 e. The zero-order valence-electron chi connectivity index (χ0n) is 35.9. The highest BCUT2D eigenvalue weighted by molar-refractivity contribution is 7.91. The molecule has 4 aliphatic rings. The van der Waals surface area contributed by atoms with Crippen LogP contribution in [0.3, 0.4) is 0 Å². The molecule has 0 radical (unpaired) electrons. The number of pyridine rings is 1. The molecule has 7 atom stereocenters. The van der Waals surface area contributed by atoms with E-state index in [1.807, 2.05) is 6.92 Å². The predicted molar refractivity (Wildman–Crippen MR) is 219 cm³/mol. The number of hydrogen-bond acceptors (Lipinski definition) is 11. The highest BCUT2D eigenvalue weighted by Crippen LogP contribution is 2.48. The zero-order valence-corrected chi connectivity index (χ0v) is 36.7. The number of hydrogen-bond donors (Lipinski definition) is 3. The van der Waals surface area contributed by atoms with E-state index < -0.39 is 92.4 Å². The summed E-state index contributed by atoms with van der Waals surface area (Å²) >= 11 is 0. The number of allylic oxidation sites excluding steroid dienone is 1. The van der Waals surface area contributed by atoms with Gasteiger partial charge in [-0.2, -0.15) is 13.2 Å². The molecule has 2 aliphatic carbocycles. The summed E-state index contributed by atoms with van der Waals surface area (Å²) in [5.74, 6) is -3.80. The van der Waals surface area contributed by atoms with E-state index in [4.69, 9.17) is 18.9 Å². The van der Waals surface area contributed by atoms with Crippen molar-refractivity contribution in [3.63, 3.8) is 0 Å². The molecular formula is C42H56F3N5O11S. The molecule has 62 heavy (non-hydrogen) atoms. The molecule has 1 aromatic heterocycles. The molecule has 1 aromatic carbocycles. The molecule has 2 aliphatic heterocycles. The van der Waals surface area contributed by atoms with Gasteiger partial charge in [-0.15, -0.1) is 0 Å². The van der Waals surface area contributed by atoms with Crippen molar-refractivity contribution in [2.45, 2.75) is 120 Å². The molecular weight excluding hydrogens is 840 g/mol. The number of sulfonamides is 1. The Labute approximate surface area is 358 Å². The number of carboxylic acid groups (broad SMARTS) is 1. The van der Waals surface area contributed by atoms with Crippen molar-refractivity contribution in [2.24, 2.45) is 17.8 Å². The molecule has 3 heterocycles. The van der Waals surface area contributed by atoms with Crippen molar-refractivity contribution in [3.05, 3.63) is 36.5 Å². The van der Waals surface area contributed by atoms with Crippen LogP contribution in [0.4, 0.5) is 18.0 Å². The van der Waals surface area contributed by atoms with Gasteiger partial charge in [-0.3, -0.25) is 24.0 Å². The van der Waals surface area contributed by atoms with E-state index in [1.165, 1.54) is 34.3 Å². The van der Waals surface area contributed by atoms with Crippen molar-refractivity contribution in [1.29, 1.82) is 0 Å². The van der Waals surface area contributed by atoms with E-state index in [9.17, 15) is 41.1 Å². The van der Waals surface area contributed by atoms with E-state index >= 15 is 4.79 Å². The van der Waals surface area contributed by atoms with Crippen molar-refractivity contribution in [3.8, 4) is 17.4 Å². The van der Waals surface area contributed by atoms with Crippen LogP contribution in [0.5, 0.6) is 17.4 Å². The summed E-state index contributed by atoms with van der Waals surface area (Å²) in [6.07, 6.45) is -1.62. The van der Waals surface area contributed by atoms with Gasteiger partial charge in [0.2, 0.25) is 27.7 Å². The van der Waals surface area contributed by atoms with E-state index in [0.717, 1.165) is 4.90 Å². The molecule has 16 nitrogen and oxygen atoms in total. The van der Waals surface area contributed by atoms with Crippen LogP contribution in [0, 0.1) is 17.8 Å². The molecule has 0 bridgehead atoms. The van der Waals surface area contributed by atoms with Crippen molar-refractivity contribution >= 4 is 44.6 Å². The van der Waals surface area contributed by atoms with Crippen molar-refractivity contribution in [2.75, 3.05) is 34.0 Å². The van der Waals surface area contributed by atoms with Crippen LogP contribution in [0.25, 0.3) is 10.8 Å². The Bertz CT molecular complexity index is 2200. The smallest absolute Gasteiger partial charge is 0.411 e. The van der Waals surface area contributed by atoms with Gasteiger partial charge in [0.1, 0.15) is 47.4 Å². The first kappa shape index (κ1) is 46.6. The molecule has 2 saturated carbocycles. The number of fused-ring (bicyclic) bond motifs is 3. The number of alkyl halides is 3. The first-order valence-corrected chi connectivity index (χ1v) is 22.2. The standard InChI is InChI=1S/C42H56F3N5O11S/c1-24-10-8-9-11-26-21-41(26,37(53)48-62(56,57)40(5)14-15-40)47-34(51)31-20-28(61-35-29-13-12-27(59-7)19-30(29)32(22-46-35)60-17-16-58-6)23-49(31)36(52)33(25(2)18-24)50(38(54)55)39(3,4)42(43,44)45/h9,11-13,19,22,24-26,28,31,33H,8,10,14-18,20-21,23H2,1-7H3,(H,47,51)(H,48,53)(H,54,55)/t24-,25-,26-,28-,31+,33+,41-/m1/s1. The molecule has 2 aromatic rings. The normalized spacial score (nSPS) is 27.8. The lowest BCUT2D eigenvalue weighted by Gasteiger charge is -2.45. The SMILES string of the molecule is COCCOc1cnc(O[C@@H]2C[C@H]3C(=O)N[C@]4(C(=O)NS(=O)(=O)C5(C)CC5)C[C@H]4C=CCC[C@@H](C)C[C@@H](C)[C@H](N(C(=O)O)C(C)(C)C(F)(F)F)C(=O)N3C2)c2ccc(OC)cc12. The van der Waals surface area contributed by atoms with Gasteiger partial charge in [-0.1, -0.05) is 26.0 Å². The van der Waals surface area contributed by atoms with Gasteiger partial charge in [-0.25, -0.2) is 18.2 Å². The minimum atomic E-state index is -5.11. The fraction of sp³-hybridized carbons (Fsp3) is 0.643. The number of carbonyl (C=O) groups excluding carboxylic acids is 3. The van der Waals surface area contributed by atoms with Gasteiger partial charge < -0.3 is 34.3 Å². The number of methoxy groups -OCH3 is 2. The summed E-state index contributed by atoms with van der Waals surface area (Å²) < 4.78 is 94.7. The van der Waals surface area contributed by atoms with Gasteiger partial charge in [-0.05, 0) is 89.3 Å². The maximum Gasteiger partial charge on any atom is 0.411 e. The summed E-state index contributed by atoms with van der Waals surface area (Å²) in [5.41, 5.74) is -4.79. The highest BCUT2D eigenvalue weighted by atomic mass is 32.2. The second-order valence-corrected chi connectivity index (χ2v) is 20.0. The number of nitrogens with zero attached hydrogens (tertiary/aromatic N) is 3. The number of aromatic nitrogens is 1. The lowest BCUT2D eigenvalue weighted by Crippen LogP contribution is -2.66. The minimum absolute atomic E-state index is 0.0356. The summed E-state index contributed by atoms with van der Waals surface area (Å²) in [6, 6.07) is 1.60. The number of carbonyl (C=O) groups is 4. The second-order valence-electron chi connectivity index (χ2n) is 17.8. The van der Waals surface area contributed by atoms with Gasteiger partial charge >= 0.3 is 12.3 Å². The Morgan fingerprint density at radius 1 is 1.10 bits per heavy atom. The molecule has 3 N–H and O–H groups in total. The predicted octanol–water partition coefficient (Wildman–Crippen LogP) is 5.19. The lowest BCUT2D eigenvalue weighted by atomic mass is 9.85. The van der Waals surface area contributed by atoms with Crippen LogP contribution in [-0.2, 0) is 29.1 Å². The Morgan fingerprint density at radius 2 is 1.81 bits per heavy atom. The van der Waals surface area contributed by atoms with Gasteiger partial charge in [0, 0.05) is 30.2 Å². The van der Waals surface area contributed by atoms with Gasteiger partial charge in [0.05, 0.1) is 31.2 Å². The molecule has 0 spiro atoms. The maximum atomic E-state index is 15.1. The van der Waals surface area contributed by atoms with Crippen LogP contribution >= 0.6 is 0 Å². The molecule has 342 valence electrons. The number of rotatable bonds is 12. The quantitative estimate of drug-likeness (QED) is 0.186. The van der Waals surface area contributed by atoms with Gasteiger partial charge in [0.15, 0.2) is 0 Å². The first-order valence-electron chi connectivity index (χ1n) is 20.7. The van der Waals surface area contributed by atoms with Crippen LogP contribution in [0.15, 0.2) is 36.5 Å². The summed E-state index contributed by atoms with van der Waals surface area (Å²) in [6.45, 7) is 6.33. The second kappa shape index (κ2) is 17.4. The zero-order chi connectivity index (χ0) is 45.6. The molecule has 0 unspecified atom stereocenters. The summed E-state index contributed by atoms with van der Waals surface area (Å²) in [7, 11) is -1.13. The fourth-order valence-corrected chi connectivity index (χ4v) is 9.80. The van der Waals surface area contributed by atoms with E-state index in [2.05, 4.69) is 15.0 Å². The number of ether oxygens (including phenoxy) is 4. The Balaban J connectivity index is 1.42. The number of benzene rings is 1. The van der Waals surface area contributed by atoms with Crippen LogP contribution < -0.4 is 24.2 Å². The Hall–Kier alpha value is -4.85. The molecule has 3 fully saturated rings. The average Bonchev–Trinajstić information content (AvgIpc) is 4.08. The lowest BCUT2D eigenvalue weighted by molar-refractivity contribution is -0.222. The summed E-state index contributed by atoms with van der Waals surface area (Å²) in [4.78, 5) is 62.4. The van der Waals surface area contributed by atoms with Crippen LogP contribution in [-0.4, -0.2) is 126 Å². The summed E-state index contributed by atoms with van der Waals surface area (Å²) in [5, 5.41) is 14.2. The minimum Gasteiger partial charge on any atom is -0.497 e. The van der Waals surface area contributed by atoms with Gasteiger partial charge in [0.25, 0.3) is 5.91 Å². The Kier molecular flexibility index (Phi) is 13.1. The Morgan fingerprint density at radius 3 is 2.44 bits per heavy atom. The number of halogens is 3. The van der Waals surface area contributed by atoms with Crippen LogP contribution in [0.1, 0.15) is 79.6 Å². The molecule has 4 amide bonds. The average molecular weight is 896 g/mol. The number of nitrogens with one attached hydrogen (secondary N) is 2. The molecule has 1 saturated heterocycles. The van der Waals surface area contributed by atoms with E-state index in [-0.39, 0.29) is 49.2 Å². The molecule has 20 heteroatoms. The van der Waals surface area contributed by atoms with E-state index in [0.29, 0.717) is 61.8 Å². The first-order chi connectivity index (χ1) is 29.0. The molecule has 6 rings (SSSR count). The fourth-order valence-electron chi connectivity index (χ4n) is 8.48.